The first-order valence-electron chi connectivity index (χ1n) is 5.61. The van der Waals surface area contributed by atoms with Crippen molar-refractivity contribution in [3.63, 3.8) is 0 Å². The quantitative estimate of drug-likeness (QED) is 0.591. The van der Waals surface area contributed by atoms with Crippen molar-refractivity contribution in [3.05, 3.63) is 55.4 Å². The van der Waals surface area contributed by atoms with Crippen LogP contribution in [-0.4, -0.2) is 7.11 Å². The molecule has 0 heterocycles. The molecule has 2 aromatic carbocycles. The fraction of sp³-hybridized carbons (Fsp3) is 0.143. The van der Waals surface area contributed by atoms with Gasteiger partial charge in [-0.1, -0.05) is 50.7 Å². The van der Waals surface area contributed by atoms with E-state index < -0.39 is 0 Å². The fourth-order valence-corrected chi connectivity index (χ4v) is 2.63. The molecule has 2 nitrogen and oxygen atoms in total. The molecule has 20 heavy (non-hydrogen) atoms. The van der Waals surface area contributed by atoms with Crippen LogP contribution in [0.15, 0.2) is 34.8 Å². The summed E-state index contributed by atoms with van der Waals surface area (Å²) in [6, 6.07) is 8.83. The molecule has 0 amide bonds. The minimum atomic E-state index is 0.306. The van der Waals surface area contributed by atoms with Crippen LogP contribution in [0, 0.1) is 0 Å². The molecular formula is C14H10BrCl3O2. The molecule has 2 aromatic rings. The van der Waals surface area contributed by atoms with Crippen LogP contribution in [0.1, 0.15) is 5.56 Å². The molecule has 0 unspecified atom stereocenters. The zero-order valence-corrected chi connectivity index (χ0v) is 14.3. The lowest BCUT2D eigenvalue weighted by Crippen LogP contribution is -1.99. The molecule has 2 rings (SSSR count). The first kappa shape index (κ1) is 15.8. The Morgan fingerprint density at radius 1 is 0.950 bits per heavy atom. The summed E-state index contributed by atoms with van der Waals surface area (Å²) in [5.74, 6) is 1.22. The number of benzene rings is 2. The van der Waals surface area contributed by atoms with Crippen LogP contribution in [0.5, 0.6) is 11.5 Å². The van der Waals surface area contributed by atoms with Crippen LogP contribution in [0.4, 0.5) is 0 Å². The Morgan fingerprint density at radius 2 is 1.65 bits per heavy atom. The Kier molecular flexibility index (Phi) is 5.44. The van der Waals surface area contributed by atoms with Gasteiger partial charge < -0.3 is 9.47 Å². The second-order valence-corrected chi connectivity index (χ2v) is 6.08. The third-order valence-electron chi connectivity index (χ3n) is 2.60. The number of halogens is 4. The van der Waals surface area contributed by atoms with Crippen molar-refractivity contribution in [3.8, 4) is 11.5 Å². The van der Waals surface area contributed by atoms with Gasteiger partial charge >= 0.3 is 0 Å². The van der Waals surface area contributed by atoms with Crippen molar-refractivity contribution < 1.29 is 9.47 Å². The minimum Gasteiger partial charge on any atom is -0.496 e. The number of rotatable bonds is 4. The summed E-state index contributed by atoms with van der Waals surface area (Å²) in [4.78, 5) is 0. The highest BCUT2D eigenvalue weighted by molar-refractivity contribution is 9.10. The maximum Gasteiger partial charge on any atom is 0.139 e. The summed E-state index contributed by atoms with van der Waals surface area (Å²) in [7, 11) is 1.61. The van der Waals surface area contributed by atoms with E-state index in [2.05, 4.69) is 15.9 Å². The molecule has 0 bridgehead atoms. The van der Waals surface area contributed by atoms with Gasteiger partial charge in [-0.05, 0) is 24.3 Å². The van der Waals surface area contributed by atoms with Crippen molar-refractivity contribution in [2.45, 2.75) is 6.61 Å². The summed E-state index contributed by atoms with van der Waals surface area (Å²) in [6.45, 7) is 0.306. The lowest BCUT2D eigenvalue weighted by atomic mass is 10.2. The molecule has 0 aromatic heterocycles. The van der Waals surface area contributed by atoms with Gasteiger partial charge in [0.1, 0.15) is 18.1 Å². The van der Waals surface area contributed by atoms with Crippen LogP contribution < -0.4 is 9.47 Å². The molecular weight excluding hydrogens is 386 g/mol. The first-order chi connectivity index (χ1) is 9.51. The van der Waals surface area contributed by atoms with Crippen LogP contribution in [0.25, 0.3) is 0 Å². The van der Waals surface area contributed by atoms with Crippen molar-refractivity contribution in [2.75, 3.05) is 7.11 Å². The van der Waals surface area contributed by atoms with Gasteiger partial charge in [0, 0.05) is 16.1 Å². The summed E-state index contributed by atoms with van der Waals surface area (Å²) >= 11 is 21.3. The standard InChI is InChI=1S/C14H10BrCl3O2/c1-19-13-3-2-9(15)4-8(13)7-20-14-6-11(17)10(16)5-12(14)18/h2-6H,7H2,1H3. The third kappa shape index (κ3) is 3.73. The largest absolute Gasteiger partial charge is 0.496 e. The maximum absolute atomic E-state index is 6.06. The molecule has 0 saturated heterocycles. The lowest BCUT2D eigenvalue weighted by Gasteiger charge is -2.12. The number of ether oxygens (including phenoxy) is 2. The number of hydrogen-bond acceptors (Lipinski definition) is 2. The van der Waals surface area contributed by atoms with E-state index in [1.165, 1.54) is 0 Å². The van der Waals surface area contributed by atoms with Gasteiger partial charge in [0.25, 0.3) is 0 Å². The molecule has 0 radical (unpaired) electrons. The predicted molar refractivity (Wildman–Crippen MR) is 86.5 cm³/mol. The zero-order valence-electron chi connectivity index (χ0n) is 10.4. The molecule has 0 aliphatic carbocycles. The lowest BCUT2D eigenvalue weighted by molar-refractivity contribution is 0.297. The Hall–Kier alpha value is -0.610. The van der Waals surface area contributed by atoms with Gasteiger partial charge in [-0.2, -0.15) is 0 Å². The van der Waals surface area contributed by atoms with E-state index in [1.807, 2.05) is 18.2 Å². The van der Waals surface area contributed by atoms with Crippen molar-refractivity contribution in [1.29, 1.82) is 0 Å². The molecule has 0 aliphatic rings. The normalized spacial score (nSPS) is 10.4. The van der Waals surface area contributed by atoms with E-state index in [9.17, 15) is 0 Å². The van der Waals surface area contributed by atoms with E-state index in [4.69, 9.17) is 44.3 Å². The molecule has 6 heteroatoms. The topological polar surface area (TPSA) is 18.5 Å². The maximum atomic E-state index is 6.06. The Balaban J connectivity index is 2.21. The first-order valence-corrected chi connectivity index (χ1v) is 7.53. The Labute approximate surface area is 140 Å². The zero-order chi connectivity index (χ0) is 14.7. The highest BCUT2D eigenvalue weighted by Crippen LogP contribution is 2.35. The highest BCUT2D eigenvalue weighted by atomic mass is 79.9. The van der Waals surface area contributed by atoms with E-state index in [0.29, 0.717) is 27.4 Å². The molecule has 0 aliphatic heterocycles. The van der Waals surface area contributed by atoms with Gasteiger partial charge in [-0.3, -0.25) is 0 Å². The molecule has 0 spiro atoms. The SMILES string of the molecule is COc1ccc(Br)cc1COc1cc(Cl)c(Cl)cc1Cl. The van der Waals surface area contributed by atoms with Crippen LogP contribution in [0.2, 0.25) is 15.1 Å². The molecule has 0 saturated carbocycles. The van der Waals surface area contributed by atoms with Gasteiger partial charge in [0.15, 0.2) is 0 Å². The Bertz CT molecular complexity index is 632. The van der Waals surface area contributed by atoms with Crippen LogP contribution in [-0.2, 0) is 6.61 Å². The molecule has 0 N–H and O–H groups in total. The fourth-order valence-electron chi connectivity index (χ4n) is 1.63. The average Bonchev–Trinajstić information content (AvgIpc) is 2.41. The summed E-state index contributed by atoms with van der Waals surface area (Å²) < 4.78 is 11.9. The molecule has 106 valence electrons. The molecule has 0 fully saturated rings. The minimum absolute atomic E-state index is 0.306. The van der Waals surface area contributed by atoms with Gasteiger partial charge in [0.05, 0.1) is 22.2 Å². The molecule has 0 atom stereocenters. The van der Waals surface area contributed by atoms with E-state index in [0.717, 1.165) is 15.8 Å². The predicted octanol–water partition coefficient (Wildman–Crippen LogP) is 6.00. The van der Waals surface area contributed by atoms with E-state index in [1.54, 1.807) is 19.2 Å². The van der Waals surface area contributed by atoms with E-state index >= 15 is 0 Å². The Morgan fingerprint density at radius 3 is 2.35 bits per heavy atom. The second-order valence-electron chi connectivity index (χ2n) is 3.94. The third-order valence-corrected chi connectivity index (χ3v) is 4.11. The van der Waals surface area contributed by atoms with Gasteiger partial charge in [-0.25, -0.2) is 0 Å². The summed E-state index contributed by atoms with van der Waals surface area (Å²) in [5, 5.41) is 1.20. The average molecular weight is 396 g/mol. The number of methoxy groups -OCH3 is 1. The van der Waals surface area contributed by atoms with Crippen molar-refractivity contribution in [1.82, 2.24) is 0 Å². The summed E-state index contributed by atoms with van der Waals surface area (Å²) in [5.41, 5.74) is 0.893. The van der Waals surface area contributed by atoms with Crippen LogP contribution >= 0.6 is 50.7 Å². The summed E-state index contributed by atoms with van der Waals surface area (Å²) in [6.07, 6.45) is 0. The van der Waals surface area contributed by atoms with Gasteiger partial charge in [-0.15, -0.1) is 0 Å². The number of hydrogen-bond donors (Lipinski definition) is 0. The second kappa shape index (κ2) is 6.90. The van der Waals surface area contributed by atoms with E-state index in [-0.39, 0.29) is 0 Å². The van der Waals surface area contributed by atoms with Crippen molar-refractivity contribution in [2.24, 2.45) is 0 Å². The highest BCUT2D eigenvalue weighted by Gasteiger charge is 2.09. The van der Waals surface area contributed by atoms with Gasteiger partial charge in [0.2, 0.25) is 0 Å². The smallest absolute Gasteiger partial charge is 0.139 e. The monoisotopic (exact) mass is 394 g/mol. The van der Waals surface area contributed by atoms with Crippen LogP contribution in [0.3, 0.4) is 0 Å². The van der Waals surface area contributed by atoms with Crippen molar-refractivity contribution >= 4 is 50.7 Å².